The van der Waals surface area contributed by atoms with E-state index in [0.717, 1.165) is 0 Å². The van der Waals surface area contributed by atoms with Crippen molar-refractivity contribution in [1.29, 1.82) is 0 Å². The maximum atomic E-state index is 9.38. The van der Waals surface area contributed by atoms with Crippen molar-refractivity contribution in [2.75, 3.05) is 0 Å². The second kappa shape index (κ2) is 1.40. The van der Waals surface area contributed by atoms with Gasteiger partial charge in [-0.1, -0.05) is 0 Å². The molecule has 4 nitrogen and oxygen atoms in total. The van der Waals surface area contributed by atoms with Crippen LogP contribution in [0.5, 0.6) is 0 Å². The van der Waals surface area contributed by atoms with E-state index < -0.39 is 11.8 Å². The van der Waals surface area contributed by atoms with E-state index in [0.29, 0.717) is 0 Å². The van der Waals surface area contributed by atoms with Crippen LogP contribution in [0.25, 0.3) is 0 Å². The number of primary amides is 1. The molecule has 3 N–H and O–H groups in total. The predicted molar refractivity (Wildman–Crippen MR) is 17.3 cm³/mol. The van der Waals surface area contributed by atoms with Gasteiger partial charge in [0.05, 0.1) is 0 Å². The van der Waals surface area contributed by atoms with Crippen molar-refractivity contribution in [2.45, 2.75) is 0 Å². The fraction of sp³-hybridized carbons (Fsp3) is 0. The Morgan fingerprint density at radius 2 is 1.67 bits per heavy atom. The zero-order valence-electron chi connectivity index (χ0n) is 2.89. The Hall–Kier alpha value is -1.06. The molecule has 33 valence electrons. The Morgan fingerprint density at radius 1 is 1.50 bits per heavy atom. The van der Waals surface area contributed by atoms with Crippen molar-refractivity contribution in [2.24, 2.45) is 5.73 Å². The van der Waals surface area contributed by atoms with Crippen LogP contribution < -0.4 is 11.5 Å². The second-order valence-corrected chi connectivity index (χ2v) is 0.693. The molecule has 0 saturated heterocycles. The summed E-state index contributed by atoms with van der Waals surface area (Å²) in [6.07, 6.45) is 0. The highest BCUT2D eigenvalue weighted by Crippen LogP contribution is 1.49. The number of hydrogen-bond donors (Lipinski definition) is 1. The zero-order valence-corrected chi connectivity index (χ0v) is 2.89. The molecule has 0 rings (SSSR count). The Morgan fingerprint density at radius 3 is 1.67 bits per heavy atom. The van der Waals surface area contributed by atoms with Gasteiger partial charge in [-0.25, -0.2) is 0 Å². The number of amides is 2. The van der Waals surface area contributed by atoms with Gasteiger partial charge in [0.2, 0.25) is 0 Å². The average molecular weight is 87.1 g/mol. The number of nitrogens with two attached hydrogens (primary N) is 1. The number of carbonyl (C=O) groups excluding carboxylic acids is 2. The molecular formula is C2H3N2O2. The zero-order chi connectivity index (χ0) is 5.15. The van der Waals surface area contributed by atoms with E-state index in [1.807, 2.05) is 0 Å². The minimum Gasteiger partial charge on any atom is -0.361 e. The number of nitrogens with one attached hydrogen (secondary N) is 1. The van der Waals surface area contributed by atoms with E-state index in [4.69, 9.17) is 5.73 Å². The lowest BCUT2D eigenvalue weighted by atomic mass is 10.6. The molecule has 0 saturated carbocycles. The molecule has 0 unspecified atom stereocenters. The molecular weight excluding hydrogens is 84.0 g/mol. The Balaban J connectivity index is 3.57. The normalized spacial score (nSPS) is 7.33. The Labute approximate surface area is 34.1 Å². The molecule has 0 aliphatic heterocycles. The van der Waals surface area contributed by atoms with E-state index in [9.17, 15) is 9.59 Å². The second-order valence-electron chi connectivity index (χ2n) is 0.693. The molecule has 1 radical (unpaired) electrons. The first-order valence-electron chi connectivity index (χ1n) is 1.20. The summed E-state index contributed by atoms with van der Waals surface area (Å²) in [7, 11) is 0. The van der Waals surface area contributed by atoms with Crippen LogP contribution in [-0.4, -0.2) is 11.8 Å². The Bertz CT molecular complexity index is 75.5. The van der Waals surface area contributed by atoms with Gasteiger partial charge in [0.1, 0.15) is 0 Å². The summed E-state index contributed by atoms with van der Waals surface area (Å²) < 4.78 is 0. The lowest BCUT2D eigenvalue weighted by Crippen LogP contribution is -2.23. The lowest BCUT2D eigenvalue weighted by Gasteiger charge is -1.73. The molecule has 0 heterocycles. The van der Waals surface area contributed by atoms with E-state index in [1.54, 1.807) is 0 Å². The highest BCUT2D eigenvalue weighted by atomic mass is 16.2. The highest BCUT2D eigenvalue weighted by Gasteiger charge is 1.98. The topological polar surface area (TPSA) is 84.0 Å². The van der Waals surface area contributed by atoms with Crippen LogP contribution in [0.3, 0.4) is 0 Å². The van der Waals surface area contributed by atoms with Gasteiger partial charge in [0.25, 0.3) is 0 Å². The fourth-order valence-electron chi connectivity index (χ4n) is 0. The quantitative estimate of drug-likeness (QED) is 0.356. The third-order valence-corrected chi connectivity index (χ3v) is 0.224. The molecule has 2 amide bonds. The maximum absolute atomic E-state index is 9.38. The van der Waals surface area contributed by atoms with Crippen LogP contribution in [0.15, 0.2) is 0 Å². The standard InChI is InChI=1S/C2H3N2O2/c3-1(5)2(4)6/h3H,(H2,4,6). The summed E-state index contributed by atoms with van der Waals surface area (Å²) in [5, 5.41) is 0. The van der Waals surface area contributed by atoms with Gasteiger partial charge >= 0.3 is 11.8 Å². The maximum Gasteiger partial charge on any atom is 0.327 e. The molecule has 0 atom stereocenters. The van der Waals surface area contributed by atoms with E-state index in [-0.39, 0.29) is 0 Å². The molecule has 4 heteroatoms. The minimum atomic E-state index is -1.35. The van der Waals surface area contributed by atoms with Crippen molar-refractivity contribution in [1.82, 2.24) is 5.73 Å². The summed E-state index contributed by atoms with van der Waals surface area (Å²) in [6, 6.07) is 0. The van der Waals surface area contributed by atoms with Crippen molar-refractivity contribution in [3.63, 3.8) is 0 Å². The average Bonchev–Trinajstić information content (AvgIpc) is 1.36. The van der Waals surface area contributed by atoms with Crippen molar-refractivity contribution >= 4 is 11.8 Å². The highest BCUT2D eigenvalue weighted by molar-refractivity contribution is 6.33. The van der Waals surface area contributed by atoms with Crippen molar-refractivity contribution < 1.29 is 9.59 Å². The van der Waals surface area contributed by atoms with Crippen LogP contribution >= 0.6 is 0 Å². The third kappa shape index (κ3) is 1.28. The van der Waals surface area contributed by atoms with Crippen LogP contribution in [0.4, 0.5) is 0 Å². The summed E-state index contributed by atoms with van der Waals surface area (Å²) >= 11 is 0. The van der Waals surface area contributed by atoms with Crippen molar-refractivity contribution in [3.8, 4) is 0 Å². The molecule has 0 bridgehead atoms. The number of carbonyl (C=O) groups is 2. The van der Waals surface area contributed by atoms with Crippen LogP contribution in [0.1, 0.15) is 0 Å². The molecule has 0 aliphatic carbocycles. The summed E-state index contributed by atoms with van der Waals surface area (Å²) in [5.74, 6) is -2.56. The first kappa shape index (κ1) is 4.94. The van der Waals surface area contributed by atoms with Gasteiger partial charge in [-0.2, -0.15) is 0 Å². The van der Waals surface area contributed by atoms with Crippen LogP contribution in [-0.2, 0) is 9.59 Å². The molecule has 0 fully saturated rings. The van der Waals surface area contributed by atoms with Gasteiger partial charge in [0, 0.05) is 0 Å². The van der Waals surface area contributed by atoms with Gasteiger partial charge in [-0.3, -0.25) is 15.3 Å². The van der Waals surface area contributed by atoms with Crippen molar-refractivity contribution in [3.05, 3.63) is 0 Å². The Kier molecular flexibility index (Phi) is 1.15. The first-order valence-corrected chi connectivity index (χ1v) is 1.20. The molecule has 0 aromatic carbocycles. The van der Waals surface area contributed by atoms with Crippen LogP contribution in [0.2, 0.25) is 0 Å². The number of rotatable bonds is 0. The molecule has 6 heavy (non-hydrogen) atoms. The van der Waals surface area contributed by atoms with Gasteiger partial charge in [0.15, 0.2) is 0 Å². The molecule has 0 aromatic rings. The van der Waals surface area contributed by atoms with Gasteiger partial charge < -0.3 is 5.73 Å². The fourth-order valence-corrected chi connectivity index (χ4v) is 0. The first-order chi connectivity index (χ1) is 2.64. The van der Waals surface area contributed by atoms with Crippen LogP contribution in [0, 0.1) is 0 Å². The third-order valence-electron chi connectivity index (χ3n) is 0.224. The molecule has 0 aliphatic rings. The van der Waals surface area contributed by atoms with E-state index in [2.05, 4.69) is 5.73 Å². The van der Waals surface area contributed by atoms with Gasteiger partial charge in [-0.15, -0.1) is 0 Å². The minimum absolute atomic E-state index is 1.21. The SMILES string of the molecule is [NH]C(=O)C(N)=O. The largest absolute Gasteiger partial charge is 0.361 e. The van der Waals surface area contributed by atoms with Gasteiger partial charge in [-0.05, 0) is 0 Å². The molecule has 0 spiro atoms. The molecule has 0 aromatic heterocycles. The summed E-state index contributed by atoms with van der Waals surface area (Å²) in [6.45, 7) is 0. The monoisotopic (exact) mass is 87.0 g/mol. The summed E-state index contributed by atoms with van der Waals surface area (Å²) in [4.78, 5) is 18.7. The lowest BCUT2D eigenvalue weighted by molar-refractivity contribution is -0.135. The summed E-state index contributed by atoms with van der Waals surface area (Å²) in [5.41, 5.74) is 10.2. The smallest absolute Gasteiger partial charge is 0.327 e. The predicted octanol–water partition coefficient (Wildman–Crippen LogP) is -1.72. The number of hydrogen-bond acceptors (Lipinski definition) is 2. The van der Waals surface area contributed by atoms with E-state index >= 15 is 0 Å². The van der Waals surface area contributed by atoms with E-state index in [1.165, 1.54) is 0 Å².